The Morgan fingerprint density at radius 3 is 2.57 bits per heavy atom. The van der Waals surface area contributed by atoms with Gasteiger partial charge in [-0.2, -0.15) is 0 Å². The Morgan fingerprint density at radius 1 is 1.50 bits per heavy atom. The van der Waals surface area contributed by atoms with E-state index in [1.54, 1.807) is 6.08 Å². The molecule has 82 valence electrons. The molecule has 1 saturated heterocycles. The average molecular weight is 200 g/mol. The number of aliphatic hydroxyl groups excluding tert-OH is 1. The summed E-state index contributed by atoms with van der Waals surface area (Å²) in [6.07, 6.45) is 4.43. The Labute approximate surface area is 85.7 Å². The van der Waals surface area contributed by atoms with Crippen LogP contribution in [0, 0.1) is 0 Å². The van der Waals surface area contributed by atoms with Crippen LogP contribution >= 0.6 is 0 Å². The Morgan fingerprint density at radius 2 is 2.14 bits per heavy atom. The number of hydrogen-bond acceptors (Lipinski definition) is 3. The fourth-order valence-corrected chi connectivity index (χ4v) is 1.69. The van der Waals surface area contributed by atoms with Crippen LogP contribution in [0.2, 0.25) is 0 Å². The van der Waals surface area contributed by atoms with Crippen molar-refractivity contribution in [3.8, 4) is 0 Å². The average Bonchev–Trinajstić information content (AvgIpc) is 2.63. The molecule has 3 nitrogen and oxygen atoms in total. The van der Waals surface area contributed by atoms with Crippen molar-refractivity contribution in [2.45, 2.75) is 51.6 Å². The quantitative estimate of drug-likeness (QED) is 0.704. The van der Waals surface area contributed by atoms with Gasteiger partial charge in [-0.05, 0) is 19.8 Å². The van der Waals surface area contributed by atoms with Gasteiger partial charge in [-0.1, -0.05) is 26.0 Å². The maximum Gasteiger partial charge on any atom is 0.168 e. The molecule has 1 rings (SSSR count). The van der Waals surface area contributed by atoms with Gasteiger partial charge in [0.05, 0.1) is 6.61 Å². The normalized spacial score (nSPS) is 28.4. The summed E-state index contributed by atoms with van der Waals surface area (Å²) in [7, 11) is 0. The largest absolute Gasteiger partial charge is 0.386 e. The van der Waals surface area contributed by atoms with Crippen molar-refractivity contribution in [3.63, 3.8) is 0 Å². The molecule has 0 unspecified atom stereocenters. The molecule has 0 radical (unpaired) electrons. The van der Waals surface area contributed by atoms with Crippen molar-refractivity contribution in [1.29, 1.82) is 0 Å². The molecular formula is C11H20O3. The highest BCUT2D eigenvalue weighted by atomic mass is 16.7. The first-order valence-corrected chi connectivity index (χ1v) is 5.30. The van der Waals surface area contributed by atoms with E-state index in [0.29, 0.717) is 6.61 Å². The highest BCUT2D eigenvalue weighted by Crippen LogP contribution is 2.31. The second-order valence-electron chi connectivity index (χ2n) is 3.60. The number of ether oxygens (including phenoxy) is 2. The highest BCUT2D eigenvalue weighted by Gasteiger charge is 2.40. The summed E-state index contributed by atoms with van der Waals surface area (Å²) in [5.41, 5.74) is 0. The second-order valence-corrected chi connectivity index (χ2v) is 3.60. The number of hydrogen-bond donors (Lipinski definition) is 1. The predicted octanol–water partition coefficient (Wildman–Crippen LogP) is 1.86. The van der Waals surface area contributed by atoms with E-state index < -0.39 is 11.9 Å². The maximum atomic E-state index is 9.68. The van der Waals surface area contributed by atoms with Crippen LogP contribution in [0.15, 0.2) is 12.2 Å². The molecule has 0 spiro atoms. The van der Waals surface area contributed by atoms with Gasteiger partial charge in [0.15, 0.2) is 5.79 Å². The highest BCUT2D eigenvalue weighted by molar-refractivity contribution is 4.93. The summed E-state index contributed by atoms with van der Waals surface area (Å²) >= 11 is 0. The zero-order valence-corrected chi connectivity index (χ0v) is 9.19. The van der Waals surface area contributed by atoms with Crippen molar-refractivity contribution < 1.29 is 14.6 Å². The molecule has 3 heteroatoms. The minimum absolute atomic E-state index is 0.217. The maximum absolute atomic E-state index is 9.68. The number of aliphatic hydroxyl groups is 1. The van der Waals surface area contributed by atoms with E-state index in [1.807, 2.05) is 26.8 Å². The predicted molar refractivity (Wildman–Crippen MR) is 55.0 cm³/mol. The van der Waals surface area contributed by atoms with Gasteiger partial charge < -0.3 is 14.6 Å². The van der Waals surface area contributed by atoms with Crippen LogP contribution in [-0.4, -0.2) is 29.7 Å². The lowest BCUT2D eigenvalue weighted by Crippen LogP contribution is -2.32. The molecule has 1 N–H and O–H groups in total. The SMILES string of the molecule is C/C=C/[C@H](O)[C@H]1COC(CC)(CC)O1. The van der Waals surface area contributed by atoms with Gasteiger partial charge in [0, 0.05) is 0 Å². The standard InChI is InChI=1S/C11H20O3/c1-4-7-9(12)10-8-13-11(5-2,6-3)14-10/h4,7,9-10,12H,5-6,8H2,1-3H3/b7-4+/t9-,10+/m0/s1. The first-order chi connectivity index (χ1) is 6.67. The molecular weight excluding hydrogens is 180 g/mol. The molecule has 0 aromatic rings. The van der Waals surface area contributed by atoms with Crippen LogP contribution in [0.3, 0.4) is 0 Å². The first kappa shape index (κ1) is 11.7. The van der Waals surface area contributed by atoms with Gasteiger partial charge in [0.2, 0.25) is 0 Å². The Bertz CT molecular complexity index is 197. The minimum Gasteiger partial charge on any atom is -0.386 e. The summed E-state index contributed by atoms with van der Waals surface area (Å²) in [5.74, 6) is -0.465. The van der Waals surface area contributed by atoms with Crippen molar-refractivity contribution in [2.75, 3.05) is 6.61 Å². The summed E-state index contributed by atoms with van der Waals surface area (Å²) in [6.45, 7) is 6.43. The molecule has 1 aliphatic heterocycles. The van der Waals surface area contributed by atoms with E-state index in [-0.39, 0.29) is 6.10 Å². The van der Waals surface area contributed by atoms with Crippen molar-refractivity contribution in [3.05, 3.63) is 12.2 Å². The molecule has 1 fully saturated rings. The van der Waals surface area contributed by atoms with Gasteiger partial charge in [0.1, 0.15) is 12.2 Å². The Hall–Kier alpha value is -0.380. The molecule has 0 bridgehead atoms. The third-order valence-corrected chi connectivity index (χ3v) is 2.72. The van der Waals surface area contributed by atoms with Crippen molar-refractivity contribution >= 4 is 0 Å². The monoisotopic (exact) mass is 200 g/mol. The number of allylic oxidation sites excluding steroid dienone is 1. The summed E-state index contributed by atoms with van der Waals surface area (Å²) in [6, 6.07) is 0. The van der Waals surface area contributed by atoms with Crippen LogP contribution in [0.4, 0.5) is 0 Å². The van der Waals surface area contributed by atoms with Crippen molar-refractivity contribution in [1.82, 2.24) is 0 Å². The van der Waals surface area contributed by atoms with Gasteiger partial charge in [-0.3, -0.25) is 0 Å². The van der Waals surface area contributed by atoms with Gasteiger partial charge >= 0.3 is 0 Å². The van der Waals surface area contributed by atoms with Crippen LogP contribution < -0.4 is 0 Å². The van der Waals surface area contributed by atoms with E-state index in [2.05, 4.69) is 0 Å². The zero-order valence-electron chi connectivity index (χ0n) is 9.19. The molecule has 0 aliphatic carbocycles. The van der Waals surface area contributed by atoms with Gasteiger partial charge in [0.25, 0.3) is 0 Å². The molecule has 0 aromatic carbocycles. The van der Waals surface area contributed by atoms with Gasteiger partial charge in [-0.25, -0.2) is 0 Å². The third-order valence-electron chi connectivity index (χ3n) is 2.72. The first-order valence-electron chi connectivity index (χ1n) is 5.30. The van der Waals surface area contributed by atoms with Crippen LogP contribution in [0.5, 0.6) is 0 Å². The third kappa shape index (κ3) is 2.35. The fraction of sp³-hybridized carbons (Fsp3) is 0.818. The molecule has 14 heavy (non-hydrogen) atoms. The topological polar surface area (TPSA) is 38.7 Å². The van der Waals surface area contributed by atoms with E-state index >= 15 is 0 Å². The fourth-order valence-electron chi connectivity index (χ4n) is 1.69. The Kier molecular flexibility index (Phi) is 4.11. The van der Waals surface area contributed by atoms with E-state index in [4.69, 9.17) is 9.47 Å². The molecule has 0 amide bonds. The summed E-state index contributed by atoms with van der Waals surface area (Å²) in [5, 5.41) is 9.68. The zero-order chi connectivity index (χ0) is 10.6. The molecule has 0 aromatic heterocycles. The van der Waals surface area contributed by atoms with Crippen molar-refractivity contribution in [2.24, 2.45) is 0 Å². The summed E-state index contributed by atoms with van der Waals surface area (Å²) < 4.78 is 11.3. The minimum atomic E-state index is -0.556. The lowest BCUT2D eigenvalue weighted by molar-refractivity contribution is -0.178. The van der Waals surface area contributed by atoms with Crippen LogP contribution in [0.25, 0.3) is 0 Å². The van der Waals surface area contributed by atoms with Crippen LogP contribution in [-0.2, 0) is 9.47 Å². The van der Waals surface area contributed by atoms with Gasteiger partial charge in [-0.15, -0.1) is 0 Å². The summed E-state index contributed by atoms with van der Waals surface area (Å²) in [4.78, 5) is 0. The number of rotatable bonds is 4. The molecule has 1 heterocycles. The van der Waals surface area contributed by atoms with E-state index in [0.717, 1.165) is 12.8 Å². The van der Waals surface area contributed by atoms with E-state index in [9.17, 15) is 5.11 Å². The van der Waals surface area contributed by atoms with E-state index in [1.165, 1.54) is 0 Å². The molecule has 0 saturated carbocycles. The second kappa shape index (κ2) is 4.91. The smallest absolute Gasteiger partial charge is 0.168 e. The molecule has 1 aliphatic rings. The lowest BCUT2D eigenvalue weighted by Gasteiger charge is -2.25. The molecule has 2 atom stereocenters. The lowest BCUT2D eigenvalue weighted by atomic mass is 10.1. The Balaban J connectivity index is 2.55. The van der Waals surface area contributed by atoms with Crippen LogP contribution in [0.1, 0.15) is 33.6 Å².